The van der Waals surface area contributed by atoms with E-state index in [2.05, 4.69) is 31.8 Å². The zero-order valence-electron chi connectivity index (χ0n) is 22.0. The van der Waals surface area contributed by atoms with E-state index in [1.807, 2.05) is 29.0 Å². The van der Waals surface area contributed by atoms with Crippen LogP contribution >= 0.6 is 11.3 Å². The third kappa shape index (κ3) is 4.55. The Hall–Kier alpha value is -4.39. The van der Waals surface area contributed by atoms with Crippen molar-refractivity contribution < 1.29 is 14.4 Å². The molecule has 204 valence electrons. The van der Waals surface area contributed by atoms with Gasteiger partial charge in [-0.25, -0.2) is 24.7 Å². The summed E-state index contributed by atoms with van der Waals surface area (Å²) in [5, 5.41) is 9.17. The number of fused-ring (bicyclic) bond motifs is 1. The number of carbonyl (C=O) groups excluding carboxylic acids is 3. The van der Waals surface area contributed by atoms with Gasteiger partial charge in [0.25, 0.3) is 0 Å². The molecule has 12 nitrogen and oxygen atoms in total. The Morgan fingerprint density at radius 1 is 1.12 bits per heavy atom. The number of pyridine rings is 1. The van der Waals surface area contributed by atoms with Gasteiger partial charge in [-0.15, -0.1) is 11.3 Å². The molecule has 4 aromatic rings. The van der Waals surface area contributed by atoms with E-state index in [9.17, 15) is 14.4 Å². The molecule has 5 heterocycles. The third-order valence-electron chi connectivity index (χ3n) is 7.58. The molecule has 0 radical (unpaired) electrons. The molecule has 1 aliphatic heterocycles. The van der Waals surface area contributed by atoms with Crippen molar-refractivity contribution in [1.29, 1.82) is 0 Å². The van der Waals surface area contributed by atoms with Gasteiger partial charge in [0.15, 0.2) is 5.65 Å². The lowest BCUT2D eigenvalue weighted by Crippen LogP contribution is -2.30. The van der Waals surface area contributed by atoms with E-state index in [0.717, 1.165) is 46.1 Å². The van der Waals surface area contributed by atoms with E-state index in [0.29, 0.717) is 35.4 Å². The summed E-state index contributed by atoms with van der Waals surface area (Å²) in [7, 11) is 1.50. The molecule has 4 amide bonds. The molecule has 2 N–H and O–H groups in total. The summed E-state index contributed by atoms with van der Waals surface area (Å²) in [6.07, 6.45) is 8.39. The normalized spacial score (nSPS) is 20.4. The van der Waals surface area contributed by atoms with E-state index < -0.39 is 0 Å². The number of aromatic nitrogens is 5. The highest BCUT2D eigenvalue weighted by molar-refractivity contribution is 7.09. The van der Waals surface area contributed by atoms with Gasteiger partial charge in [0.2, 0.25) is 11.8 Å². The van der Waals surface area contributed by atoms with Gasteiger partial charge in [-0.2, -0.15) is 0 Å². The first-order valence-corrected chi connectivity index (χ1v) is 14.1. The van der Waals surface area contributed by atoms with Gasteiger partial charge in [0.05, 0.1) is 22.9 Å². The maximum absolute atomic E-state index is 12.8. The van der Waals surface area contributed by atoms with Crippen LogP contribution in [-0.4, -0.2) is 60.7 Å². The van der Waals surface area contributed by atoms with Gasteiger partial charge in [-0.05, 0) is 43.7 Å². The van der Waals surface area contributed by atoms with Crippen molar-refractivity contribution in [2.75, 3.05) is 29.1 Å². The number of nitrogens with zero attached hydrogens (tertiary/aromatic N) is 7. The van der Waals surface area contributed by atoms with E-state index >= 15 is 0 Å². The average Bonchev–Trinajstić information content (AvgIpc) is 3.85. The SMILES string of the molecule is Cc1csc([C@@H]2C[C@H]2C(=O)Nc2cc(NCc3cn4cc(C5CC5)cc(N5CC(=O)N(C)C5=O)c4n3)ncn2)n1. The first-order valence-electron chi connectivity index (χ1n) is 13.2. The second-order valence-electron chi connectivity index (χ2n) is 10.6. The fraction of sp³-hybridized carbons (Fsp3) is 0.370. The highest BCUT2D eigenvalue weighted by Gasteiger charge is 2.46. The summed E-state index contributed by atoms with van der Waals surface area (Å²) in [4.78, 5) is 58.1. The molecular weight excluding hydrogens is 530 g/mol. The van der Waals surface area contributed by atoms with Crippen LogP contribution in [-0.2, 0) is 16.1 Å². The summed E-state index contributed by atoms with van der Waals surface area (Å²) in [6, 6.07) is 3.33. The number of likely N-dealkylation sites (N-methyl/N-ethyl adjacent to an activating group) is 1. The van der Waals surface area contributed by atoms with Gasteiger partial charge in [-0.1, -0.05) is 0 Å². The lowest BCUT2D eigenvalue weighted by molar-refractivity contribution is -0.124. The van der Waals surface area contributed by atoms with Gasteiger partial charge >= 0.3 is 6.03 Å². The summed E-state index contributed by atoms with van der Waals surface area (Å²) in [6.45, 7) is 2.32. The van der Waals surface area contributed by atoms with Gasteiger partial charge in [0, 0.05) is 48.4 Å². The zero-order valence-corrected chi connectivity index (χ0v) is 22.8. The maximum atomic E-state index is 12.8. The quantitative estimate of drug-likeness (QED) is 0.314. The summed E-state index contributed by atoms with van der Waals surface area (Å²) < 4.78 is 1.93. The predicted octanol–water partition coefficient (Wildman–Crippen LogP) is 3.52. The van der Waals surface area contributed by atoms with E-state index in [4.69, 9.17) is 4.98 Å². The van der Waals surface area contributed by atoms with Crippen LogP contribution < -0.4 is 15.5 Å². The van der Waals surface area contributed by atoms with Crippen LogP contribution in [0, 0.1) is 12.8 Å². The average molecular weight is 558 g/mol. The first-order chi connectivity index (χ1) is 19.3. The van der Waals surface area contributed by atoms with E-state index in [1.54, 1.807) is 17.4 Å². The standard InChI is InChI=1S/C27H27N9O3S/c1-14-12-40-26(31-14)19-6-18(19)25(38)33-22-7-21(29-13-30-22)28-8-17-10-35-9-16(15-3-4-15)5-20(24(35)32-17)36-11-23(37)34(2)27(36)39/h5,7,9-10,12-13,15,18-19H,3-4,6,8,11H2,1-2H3,(H2,28,29,30,33,38)/t18-,19-/m1/s1. The molecular formula is C27H27N9O3S. The number of thiazole rings is 1. The molecule has 40 heavy (non-hydrogen) atoms. The Labute approximate surface area is 233 Å². The molecule has 2 aliphatic carbocycles. The number of hydrogen-bond donors (Lipinski definition) is 2. The molecule has 1 saturated heterocycles. The lowest BCUT2D eigenvalue weighted by atomic mass is 10.1. The predicted molar refractivity (Wildman–Crippen MR) is 148 cm³/mol. The number of amides is 4. The number of urea groups is 1. The minimum absolute atomic E-state index is 0.0000714. The third-order valence-corrected chi connectivity index (χ3v) is 8.67. The first kappa shape index (κ1) is 24.6. The van der Waals surface area contributed by atoms with Crippen LogP contribution in [0.1, 0.15) is 53.1 Å². The maximum Gasteiger partial charge on any atom is 0.331 e. The molecule has 4 aromatic heterocycles. The number of anilines is 3. The largest absolute Gasteiger partial charge is 0.364 e. The van der Waals surface area contributed by atoms with Crippen LogP contribution in [0.4, 0.5) is 22.1 Å². The molecule has 0 bridgehead atoms. The monoisotopic (exact) mass is 557 g/mol. The molecule has 3 aliphatic rings. The number of rotatable bonds is 8. The van der Waals surface area contributed by atoms with Gasteiger partial charge < -0.3 is 15.0 Å². The topological polar surface area (TPSA) is 138 Å². The molecule has 3 fully saturated rings. The van der Waals surface area contributed by atoms with Crippen molar-refractivity contribution in [1.82, 2.24) is 29.2 Å². The van der Waals surface area contributed by atoms with Crippen LogP contribution in [0.15, 0.2) is 36.2 Å². The highest BCUT2D eigenvalue weighted by atomic mass is 32.1. The molecule has 0 aromatic carbocycles. The summed E-state index contributed by atoms with van der Waals surface area (Å²) in [5.41, 5.74) is 4.10. The lowest BCUT2D eigenvalue weighted by Gasteiger charge is -2.17. The van der Waals surface area contributed by atoms with E-state index in [-0.39, 0.29) is 36.2 Å². The minimum atomic E-state index is -0.350. The fourth-order valence-electron chi connectivity index (χ4n) is 5.08. The Kier molecular flexibility index (Phi) is 5.77. The van der Waals surface area contributed by atoms with Gasteiger partial charge in [0.1, 0.15) is 24.5 Å². The number of imide groups is 1. The summed E-state index contributed by atoms with van der Waals surface area (Å²) >= 11 is 1.60. The Morgan fingerprint density at radius 3 is 2.67 bits per heavy atom. The van der Waals surface area contributed by atoms with E-state index in [1.165, 1.54) is 18.3 Å². The van der Waals surface area contributed by atoms with Crippen molar-refractivity contribution in [2.24, 2.45) is 5.92 Å². The number of nitrogens with one attached hydrogen (secondary N) is 2. The molecule has 0 spiro atoms. The number of hydrogen-bond acceptors (Lipinski definition) is 9. The second kappa shape index (κ2) is 9.37. The highest BCUT2D eigenvalue weighted by Crippen LogP contribution is 2.49. The number of carbonyl (C=O) groups is 3. The minimum Gasteiger partial charge on any atom is -0.364 e. The van der Waals surface area contributed by atoms with Crippen molar-refractivity contribution in [3.05, 3.63) is 58.2 Å². The van der Waals surface area contributed by atoms with Crippen molar-refractivity contribution >= 4 is 52.2 Å². The molecule has 2 atom stereocenters. The van der Waals surface area contributed by atoms with Gasteiger partial charge in [-0.3, -0.25) is 19.4 Å². The second-order valence-corrected chi connectivity index (χ2v) is 11.5. The van der Waals surface area contributed by atoms with Crippen LogP contribution in [0.2, 0.25) is 0 Å². The fourth-order valence-corrected chi connectivity index (χ4v) is 6.06. The van der Waals surface area contributed by atoms with Crippen LogP contribution in [0.5, 0.6) is 0 Å². The molecule has 2 saturated carbocycles. The van der Waals surface area contributed by atoms with Crippen LogP contribution in [0.3, 0.4) is 0 Å². The Bertz CT molecular complexity index is 1680. The Morgan fingerprint density at radius 2 is 1.95 bits per heavy atom. The zero-order chi connectivity index (χ0) is 27.5. The smallest absolute Gasteiger partial charge is 0.331 e. The van der Waals surface area contributed by atoms with Crippen molar-refractivity contribution in [2.45, 2.75) is 44.6 Å². The van der Waals surface area contributed by atoms with Crippen molar-refractivity contribution in [3.63, 3.8) is 0 Å². The van der Waals surface area contributed by atoms with Crippen molar-refractivity contribution in [3.8, 4) is 0 Å². The molecule has 13 heteroatoms. The number of imidazole rings is 1. The Balaban J connectivity index is 1.06. The van der Waals surface area contributed by atoms with Crippen LogP contribution in [0.25, 0.3) is 5.65 Å². The molecule has 0 unspecified atom stereocenters. The number of aryl methyl sites for hydroxylation is 1. The summed E-state index contributed by atoms with van der Waals surface area (Å²) in [5.74, 6) is 1.21. The molecule has 7 rings (SSSR count).